The first kappa shape index (κ1) is 20.9. The number of nitrogens with one attached hydrogen (secondary N) is 1. The Morgan fingerprint density at radius 3 is 2.63 bits per heavy atom. The molecule has 0 aliphatic carbocycles. The molecule has 0 radical (unpaired) electrons. The second-order valence-electron chi connectivity index (χ2n) is 6.06. The Kier molecular flexibility index (Phi) is 7.36. The maximum atomic E-state index is 8.44. The van der Waals surface area contributed by atoms with Crippen molar-refractivity contribution in [3.63, 3.8) is 0 Å². The van der Waals surface area contributed by atoms with Crippen LogP contribution in [0.3, 0.4) is 0 Å². The summed E-state index contributed by atoms with van der Waals surface area (Å²) in [6.07, 6.45) is 8.86. The van der Waals surface area contributed by atoms with E-state index in [0.29, 0.717) is 15.4 Å². The summed E-state index contributed by atoms with van der Waals surface area (Å²) in [4.78, 5) is 6.02. The van der Waals surface area contributed by atoms with Gasteiger partial charge in [-0.25, -0.2) is 4.99 Å². The van der Waals surface area contributed by atoms with Crippen molar-refractivity contribution in [3.8, 4) is 5.75 Å². The molecule has 5 heteroatoms. The van der Waals surface area contributed by atoms with Gasteiger partial charge in [-0.2, -0.15) is 0 Å². The quantitative estimate of drug-likeness (QED) is 0.182. The molecule has 0 fully saturated rings. The van der Waals surface area contributed by atoms with Crippen LogP contribution in [0.15, 0.2) is 89.3 Å². The highest BCUT2D eigenvalue weighted by molar-refractivity contribution is 14.1. The smallest absolute Gasteiger partial charge is 0.226 e. The molecule has 1 aliphatic rings. The number of para-hydroxylation sites is 2. The number of rotatable bonds is 5. The van der Waals surface area contributed by atoms with Crippen LogP contribution < -0.4 is 9.64 Å². The molecule has 0 amide bonds. The van der Waals surface area contributed by atoms with Crippen molar-refractivity contribution in [2.24, 2.45) is 4.99 Å². The molecular weight excluding hydrogens is 449 g/mol. The highest BCUT2D eigenvalue weighted by Gasteiger charge is 2.23. The third-order valence-corrected chi connectivity index (χ3v) is 4.71. The molecule has 2 rings (SSSR count). The number of fused-ring (bicyclic) bond motifs is 1. The van der Waals surface area contributed by atoms with Gasteiger partial charge in [-0.15, -0.1) is 0 Å². The number of ether oxygens (including phenoxy) is 1. The van der Waals surface area contributed by atoms with Crippen molar-refractivity contribution in [1.29, 1.82) is 5.41 Å². The molecule has 4 nitrogen and oxygen atoms in total. The highest BCUT2D eigenvalue weighted by atomic mass is 127. The lowest BCUT2D eigenvalue weighted by Crippen LogP contribution is -2.28. The topological polar surface area (TPSA) is 48.7 Å². The lowest BCUT2D eigenvalue weighted by molar-refractivity contribution is 0.427. The van der Waals surface area contributed by atoms with Gasteiger partial charge >= 0.3 is 0 Å². The maximum absolute atomic E-state index is 8.44. The van der Waals surface area contributed by atoms with Gasteiger partial charge in [-0.05, 0) is 49.6 Å². The molecular formula is C22H24IN3O. The molecule has 1 heterocycles. The standard InChI is InChI=1S/C22H24IN3O/c1-6-10-15(3)13-25-22(24)26-14-21(16(4)18(7-2)17(5)23)27-20-12-9-8-11-19(20)26/h6-14,17,24H,1-2H2,3-5H3/b15-10+,18-16-,24-22?,25-13+/t17-/m1/s1. The van der Waals surface area contributed by atoms with Gasteiger partial charge in [-0.3, -0.25) is 10.3 Å². The Morgan fingerprint density at radius 1 is 1.30 bits per heavy atom. The monoisotopic (exact) mass is 473 g/mol. The van der Waals surface area contributed by atoms with Crippen LogP contribution in [0.25, 0.3) is 0 Å². The zero-order chi connectivity index (χ0) is 20.0. The Bertz CT molecular complexity index is 875. The van der Waals surface area contributed by atoms with Crippen LogP contribution in [0.4, 0.5) is 5.69 Å². The summed E-state index contributed by atoms with van der Waals surface area (Å²) in [5.41, 5.74) is 3.79. The van der Waals surface area contributed by atoms with E-state index in [0.717, 1.165) is 22.4 Å². The van der Waals surface area contributed by atoms with Crippen LogP contribution in [0, 0.1) is 5.41 Å². The first-order chi connectivity index (χ1) is 12.9. The van der Waals surface area contributed by atoms with E-state index in [2.05, 4.69) is 47.7 Å². The normalized spacial score (nSPS) is 16.1. The Morgan fingerprint density at radius 2 is 2.00 bits per heavy atom. The summed E-state index contributed by atoms with van der Waals surface area (Å²) in [6.45, 7) is 13.6. The number of allylic oxidation sites excluding steroid dienone is 6. The average Bonchev–Trinajstić information content (AvgIpc) is 2.65. The van der Waals surface area contributed by atoms with Gasteiger partial charge in [-0.1, -0.05) is 66.1 Å². The van der Waals surface area contributed by atoms with Crippen molar-refractivity contribution in [2.75, 3.05) is 4.90 Å². The van der Waals surface area contributed by atoms with Gasteiger partial charge in [0.05, 0.1) is 11.9 Å². The molecule has 140 valence electrons. The maximum Gasteiger partial charge on any atom is 0.226 e. The summed E-state index contributed by atoms with van der Waals surface area (Å²) >= 11 is 2.36. The number of alkyl halides is 1. The molecule has 0 aromatic heterocycles. The average molecular weight is 473 g/mol. The Balaban J connectivity index is 2.49. The molecule has 0 bridgehead atoms. The number of anilines is 1. The van der Waals surface area contributed by atoms with Crippen molar-refractivity contribution in [1.82, 2.24) is 0 Å². The fourth-order valence-corrected chi connectivity index (χ4v) is 3.35. The molecule has 1 atom stereocenters. The van der Waals surface area contributed by atoms with Crippen LogP contribution >= 0.6 is 22.6 Å². The van der Waals surface area contributed by atoms with Gasteiger partial charge in [0.25, 0.3) is 0 Å². The first-order valence-corrected chi connectivity index (χ1v) is 9.81. The predicted octanol–water partition coefficient (Wildman–Crippen LogP) is 6.19. The van der Waals surface area contributed by atoms with Gasteiger partial charge < -0.3 is 4.74 Å². The van der Waals surface area contributed by atoms with E-state index in [1.165, 1.54) is 0 Å². The summed E-state index contributed by atoms with van der Waals surface area (Å²) < 4.78 is 6.40. The van der Waals surface area contributed by atoms with Crippen LogP contribution in [0.2, 0.25) is 0 Å². The SMILES string of the molecule is C=C/C=C(C)/C=N/C(=N)N1C=C(/C(C)=C(/C=C)[C@@H](C)I)Oc2ccccc21. The van der Waals surface area contributed by atoms with E-state index in [-0.39, 0.29) is 5.96 Å². The molecule has 0 spiro atoms. The summed E-state index contributed by atoms with van der Waals surface area (Å²) in [5, 5.41) is 8.44. The fraction of sp³-hybridized carbons (Fsp3) is 0.182. The molecule has 27 heavy (non-hydrogen) atoms. The van der Waals surface area contributed by atoms with Crippen molar-refractivity contribution in [2.45, 2.75) is 24.7 Å². The Labute approximate surface area is 175 Å². The lowest BCUT2D eigenvalue weighted by atomic mass is 10.0. The number of nitrogens with zero attached hydrogens (tertiary/aromatic N) is 2. The van der Waals surface area contributed by atoms with Crippen LogP contribution in [-0.4, -0.2) is 16.1 Å². The van der Waals surface area contributed by atoms with Crippen molar-refractivity contribution in [3.05, 3.63) is 84.3 Å². The minimum Gasteiger partial charge on any atom is -0.453 e. The third kappa shape index (κ3) is 5.07. The first-order valence-electron chi connectivity index (χ1n) is 8.56. The van der Waals surface area contributed by atoms with E-state index in [1.54, 1.807) is 17.2 Å². The number of guanidine groups is 1. The molecule has 0 unspecified atom stereocenters. The second kappa shape index (κ2) is 9.50. The number of hydrogen-bond donors (Lipinski definition) is 1. The molecule has 1 aromatic rings. The third-order valence-electron chi connectivity index (χ3n) is 4.04. The largest absolute Gasteiger partial charge is 0.453 e. The summed E-state index contributed by atoms with van der Waals surface area (Å²) in [5.74, 6) is 1.48. The summed E-state index contributed by atoms with van der Waals surface area (Å²) in [7, 11) is 0. The van der Waals surface area contributed by atoms with Gasteiger partial charge in [0.2, 0.25) is 5.96 Å². The number of benzene rings is 1. The Hall–Kier alpha value is -2.41. The van der Waals surface area contributed by atoms with Gasteiger partial charge in [0, 0.05) is 10.1 Å². The van der Waals surface area contributed by atoms with Crippen molar-refractivity contribution >= 4 is 40.5 Å². The highest BCUT2D eigenvalue weighted by Crippen LogP contribution is 2.37. The molecule has 1 aliphatic heterocycles. The molecule has 1 N–H and O–H groups in total. The fourth-order valence-electron chi connectivity index (χ4n) is 2.63. The van der Waals surface area contributed by atoms with E-state index in [4.69, 9.17) is 10.1 Å². The predicted molar refractivity (Wildman–Crippen MR) is 124 cm³/mol. The lowest BCUT2D eigenvalue weighted by Gasteiger charge is -2.28. The van der Waals surface area contributed by atoms with E-state index in [9.17, 15) is 0 Å². The van der Waals surface area contributed by atoms with Crippen LogP contribution in [0.1, 0.15) is 20.8 Å². The number of aliphatic imine (C=N–C) groups is 1. The molecule has 0 saturated heterocycles. The second-order valence-corrected chi connectivity index (χ2v) is 7.93. The minimum absolute atomic E-state index is 0.107. The number of hydrogen-bond acceptors (Lipinski definition) is 2. The zero-order valence-electron chi connectivity index (χ0n) is 15.9. The van der Waals surface area contributed by atoms with Crippen molar-refractivity contribution < 1.29 is 4.74 Å². The van der Waals surface area contributed by atoms with Crippen LogP contribution in [0.5, 0.6) is 5.75 Å². The van der Waals surface area contributed by atoms with Gasteiger partial charge in [0.1, 0.15) is 5.76 Å². The summed E-state index contributed by atoms with van der Waals surface area (Å²) in [6, 6.07) is 7.63. The zero-order valence-corrected chi connectivity index (χ0v) is 18.0. The van der Waals surface area contributed by atoms with Crippen LogP contribution in [-0.2, 0) is 0 Å². The molecule has 0 saturated carbocycles. The van der Waals surface area contributed by atoms with Gasteiger partial charge in [0.15, 0.2) is 5.75 Å². The number of halogens is 1. The molecule has 1 aromatic carbocycles. The minimum atomic E-state index is 0.107. The van der Waals surface area contributed by atoms with E-state index in [1.807, 2.05) is 56.5 Å². The van der Waals surface area contributed by atoms with E-state index < -0.39 is 0 Å². The van der Waals surface area contributed by atoms with E-state index >= 15 is 0 Å².